The number of pyridine rings is 2. The van der Waals surface area contributed by atoms with E-state index in [1.165, 1.54) is 5.19 Å². The van der Waals surface area contributed by atoms with Crippen LogP contribution in [-0.2, 0) is 20.1 Å². The largest absolute Gasteiger partial charge is 0.500 e. The Bertz CT molecular complexity index is 2550. The molecule has 3 aromatic heterocycles. The Morgan fingerprint density at radius 1 is 0.706 bits per heavy atom. The van der Waals surface area contributed by atoms with Crippen LogP contribution in [0, 0.1) is 19.0 Å². The van der Waals surface area contributed by atoms with Gasteiger partial charge in [-0.1, -0.05) is 123 Å². The van der Waals surface area contributed by atoms with Crippen LogP contribution in [0.3, 0.4) is 0 Å². The number of fused-ring (bicyclic) bond motifs is 3. The molecular formula is C46H40IrN2OSi-2. The number of para-hydroxylation sites is 1. The fourth-order valence-electron chi connectivity index (χ4n) is 6.17. The van der Waals surface area contributed by atoms with Crippen LogP contribution >= 0.6 is 0 Å². The van der Waals surface area contributed by atoms with Gasteiger partial charge in [0.2, 0.25) is 0 Å². The van der Waals surface area contributed by atoms with Gasteiger partial charge in [0, 0.05) is 54.8 Å². The first kappa shape index (κ1) is 30.9. The quantitative estimate of drug-likeness (QED) is 0.123. The Morgan fingerprint density at radius 2 is 1.39 bits per heavy atom. The van der Waals surface area contributed by atoms with Crippen LogP contribution in [0.2, 0.25) is 19.6 Å². The van der Waals surface area contributed by atoms with Crippen LogP contribution in [0.15, 0.2) is 150 Å². The van der Waals surface area contributed by atoms with E-state index in [9.17, 15) is 1.37 Å². The number of nitrogens with zero attached hydrogens (tertiary/aromatic N) is 2. The van der Waals surface area contributed by atoms with E-state index in [0.717, 1.165) is 55.4 Å². The van der Waals surface area contributed by atoms with Crippen LogP contribution < -0.4 is 5.19 Å². The van der Waals surface area contributed by atoms with E-state index in [4.69, 9.17) is 13.5 Å². The molecule has 1 atom stereocenters. The second-order valence-electron chi connectivity index (χ2n) is 13.3. The number of aryl methyl sites for hydroxylation is 1. The standard InChI is InChI=1S/C24H16NO.C22H24NSi.Ir/c1-16-13-22(25-15-21(16)17-7-3-2-4-8-17)18-11-12-24-20(14-18)19-9-5-6-10-23(19)26-24;1-17(18-11-7-5-8-12-18)20-15-21(19-13-9-6-10-14-19)23-16-22(20)24(2,3)4;/h2-10,12-15H,1H3;5-13,15-17H,1-4H3;/q2*-1;/i1D3;17D;. The summed E-state index contributed by atoms with van der Waals surface area (Å²) in [7, 11) is -1.64. The van der Waals surface area contributed by atoms with E-state index >= 15 is 0 Å². The maximum Gasteiger partial charge on any atom is 0.120 e. The topological polar surface area (TPSA) is 38.9 Å². The van der Waals surface area contributed by atoms with Crippen LogP contribution in [0.4, 0.5) is 0 Å². The van der Waals surface area contributed by atoms with Gasteiger partial charge in [-0.2, -0.15) is 0 Å². The molecule has 5 heteroatoms. The second kappa shape index (κ2) is 15.5. The van der Waals surface area contributed by atoms with Crippen LogP contribution in [0.1, 0.15) is 35.0 Å². The summed E-state index contributed by atoms with van der Waals surface area (Å²) in [6, 6.07) is 49.2. The first-order valence-corrected chi connectivity index (χ1v) is 20.2. The van der Waals surface area contributed by atoms with Gasteiger partial charge in [-0.05, 0) is 51.7 Å². The van der Waals surface area contributed by atoms with Gasteiger partial charge in [0.25, 0.3) is 0 Å². The molecule has 0 aliphatic carbocycles. The summed E-state index contributed by atoms with van der Waals surface area (Å²) in [6.07, 6.45) is 3.63. The molecule has 0 saturated heterocycles. The van der Waals surface area contributed by atoms with Crippen molar-refractivity contribution >= 4 is 35.2 Å². The Labute approximate surface area is 321 Å². The normalized spacial score (nSPS) is 13.8. The molecular weight excluding hydrogens is 817 g/mol. The minimum atomic E-state index is -2.25. The third-order valence-corrected chi connectivity index (χ3v) is 10.9. The molecule has 1 radical (unpaired) electrons. The van der Waals surface area contributed by atoms with Gasteiger partial charge in [0.15, 0.2) is 0 Å². The number of furan rings is 1. The smallest absolute Gasteiger partial charge is 0.120 e. The van der Waals surface area contributed by atoms with Gasteiger partial charge in [-0.15, -0.1) is 59.7 Å². The molecule has 8 rings (SSSR count). The fourth-order valence-corrected chi connectivity index (χ4v) is 7.69. The zero-order valence-electron chi connectivity index (χ0n) is 33.0. The van der Waals surface area contributed by atoms with Crippen LogP contribution in [-0.4, -0.2) is 18.0 Å². The van der Waals surface area contributed by atoms with Crippen LogP contribution in [0.25, 0.3) is 55.6 Å². The van der Waals surface area contributed by atoms with Gasteiger partial charge in [0.1, 0.15) is 5.58 Å². The maximum absolute atomic E-state index is 9.17. The van der Waals surface area contributed by atoms with Crippen molar-refractivity contribution in [1.82, 2.24) is 9.97 Å². The van der Waals surface area contributed by atoms with Gasteiger partial charge < -0.3 is 14.4 Å². The number of rotatable bonds is 6. The van der Waals surface area contributed by atoms with Crippen molar-refractivity contribution in [3.63, 3.8) is 0 Å². The molecule has 5 aromatic carbocycles. The average molecular weight is 861 g/mol. The summed E-state index contributed by atoms with van der Waals surface area (Å²) in [4.78, 5) is 9.26. The predicted molar refractivity (Wildman–Crippen MR) is 211 cm³/mol. The summed E-state index contributed by atoms with van der Waals surface area (Å²) in [5.41, 5.74) is 8.49. The molecule has 0 amide bonds. The maximum atomic E-state index is 9.17. The fraction of sp³-hybridized carbons (Fsp3) is 0.130. The molecule has 8 aromatic rings. The molecule has 0 aliphatic rings. The monoisotopic (exact) mass is 861 g/mol. The van der Waals surface area contributed by atoms with Crippen molar-refractivity contribution in [1.29, 1.82) is 0 Å². The van der Waals surface area contributed by atoms with Crippen molar-refractivity contribution < 1.29 is 30.0 Å². The zero-order chi connectivity index (χ0) is 38.1. The minimum absolute atomic E-state index is 0. The summed E-state index contributed by atoms with van der Waals surface area (Å²) in [6.45, 7) is 6.66. The molecule has 0 saturated carbocycles. The average Bonchev–Trinajstić information content (AvgIpc) is 3.56. The third kappa shape index (κ3) is 7.87. The Kier molecular flexibility index (Phi) is 9.40. The minimum Gasteiger partial charge on any atom is -0.500 e. The predicted octanol–water partition coefficient (Wildman–Crippen LogP) is 11.7. The molecule has 0 N–H and O–H groups in total. The third-order valence-electron chi connectivity index (χ3n) is 8.88. The van der Waals surface area contributed by atoms with Crippen molar-refractivity contribution in [3.8, 4) is 33.6 Å². The molecule has 3 heterocycles. The first-order chi connectivity index (χ1) is 25.8. The Morgan fingerprint density at radius 3 is 2.12 bits per heavy atom. The van der Waals surface area contributed by atoms with Gasteiger partial charge in [-0.3, -0.25) is 0 Å². The summed E-state index contributed by atoms with van der Waals surface area (Å²) in [5, 5.41) is 3.21. The number of benzene rings is 5. The molecule has 0 fully saturated rings. The zero-order valence-corrected chi connectivity index (χ0v) is 32.4. The molecule has 0 spiro atoms. The summed E-state index contributed by atoms with van der Waals surface area (Å²) >= 11 is 0. The Balaban J connectivity index is 0.000000186. The van der Waals surface area contributed by atoms with E-state index in [1.54, 1.807) is 18.3 Å². The number of hydrogen-bond acceptors (Lipinski definition) is 3. The number of aromatic nitrogens is 2. The van der Waals surface area contributed by atoms with E-state index in [-0.39, 0.29) is 25.7 Å². The van der Waals surface area contributed by atoms with Crippen LogP contribution in [0.5, 0.6) is 0 Å². The first-order valence-electron chi connectivity index (χ1n) is 18.7. The molecule has 1 unspecified atom stereocenters. The summed E-state index contributed by atoms with van der Waals surface area (Å²) < 4.78 is 39.1. The molecule has 0 aliphatic heterocycles. The summed E-state index contributed by atoms with van der Waals surface area (Å²) in [5.74, 6) is -0.816. The van der Waals surface area contributed by atoms with E-state index in [1.807, 2.05) is 128 Å². The van der Waals surface area contributed by atoms with Crippen molar-refractivity contribution in [2.45, 2.75) is 39.3 Å². The van der Waals surface area contributed by atoms with Gasteiger partial charge in [0.05, 0.1) is 13.7 Å². The van der Waals surface area contributed by atoms with Crippen molar-refractivity contribution in [3.05, 3.63) is 175 Å². The van der Waals surface area contributed by atoms with Gasteiger partial charge >= 0.3 is 0 Å². The van der Waals surface area contributed by atoms with E-state index in [2.05, 4.69) is 42.8 Å². The van der Waals surface area contributed by atoms with Gasteiger partial charge in [-0.25, -0.2) is 0 Å². The molecule has 51 heavy (non-hydrogen) atoms. The SMILES string of the molecule is [2H]C(C)(c1ccccc1)c1cc(-c2[c-]cccc2)ncc1[Si](C)(C)C.[2H]C([2H])([2H])c1cc(-c2[c-]cc3oc4ccccc4c3c2)ncc1-c1ccccc1.[Ir]. The van der Waals surface area contributed by atoms with E-state index < -0.39 is 20.8 Å². The Hall–Kier alpha value is -4.93. The number of hydrogen-bond donors (Lipinski definition) is 0. The van der Waals surface area contributed by atoms with E-state index in [0.29, 0.717) is 11.3 Å². The van der Waals surface area contributed by atoms with Crippen molar-refractivity contribution in [2.75, 3.05) is 0 Å². The molecule has 3 nitrogen and oxygen atoms in total. The molecule has 0 bridgehead atoms. The molecule has 255 valence electrons. The van der Waals surface area contributed by atoms with Crippen molar-refractivity contribution in [2.24, 2.45) is 0 Å². The second-order valence-corrected chi connectivity index (χ2v) is 18.4.